The Morgan fingerprint density at radius 1 is 1.19 bits per heavy atom. The molecule has 0 fully saturated rings. The summed E-state index contributed by atoms with van der Waals surface area (Å²) in [5, 5.41) is 2.94. The van der Waals surface area contributed by atoms with Crippen molar-refractivity contribution >= 4 is 46.8 Å². The van der Waals surface area contributed by atoms with E-state index in [2.05, 4.69) is 5.32 Å². The van der Waals surface area contributed by atoms with Gasteiger partial charge in [-0.1, -0.05) is 29.3 Å². The molecule has 1 atom stereocenters. The number of halogens is 3. The van der Waals surface area contributed by atoms with Gasteiger partial charge < -0.3 is 14.8 Å². The normalized spacial score (nSPS) is 11.9. The quantitative estimate of drug-likeness (QED) is 0.551. The number of esters is 1. The van der Waals surface area contributed by atoms with Crippen molar-refractivity contribution in [3.8, 4) is 5.75 Å². The molecule has 0 saturated heterocycles. The van der Waals surface area contributed by atoms with Gasteiger partial charge >= 0.3 is 5.97 Å². The fourth-order valence-electron chi connectivity index (χ4n) is 2.06. The summed E-state index contributed by atoms with van der Waals surface area (Å²) in [5.41, 5.74) is 0.869. The highest BCUT2D eigenvalue weighted by molar-refractivity contribution is 6.31. The third-order valence-corrected chi connectivity index (χ3v) is 3.96. The van der Waals surface area contributed by atoms with Crippen molar-refractivity contribution in [3.63, 3.8) is 0 Å². The number of carbonyl (C=O) groups is 2. The van der Waals surface area contributed by atoms with Crippen molar-refractivity contribution in [2.75, 3.05) is 12.4 Å². The van der Waals surface area contributed by atoms with Crippen molar-refractivity contribution in [2.45, 2.75) is 13.0 Å². The number of carbonyl (C=O) groups excluding carboxylic acids is 2. The summed E-state index contributed by atoms with van der Waals surface area (Å²) in [5.74, 6) is -1.43. The second kappa shape index (κ2) is 9.39. The number of methoxy groups -OCH3 is 1. The van der Waals surface area contributed by atoms with E-state index in [4.69, 9.17) is 32.7 Å². The van der Waals surface area contributed by atoms with Gasteiger partial charge in [-0.3, -0.25) is 4.79 Å². The monoisotopic (exact) mass is 411 g/mol. The van der Waals surface area contributed by atoms with Gasteiger partial charge in [-0.25, -0.2) is 9.18 Å². The molecule has 0 aliphatic rings. The van der Waals surface area contributed by atoms with Crippen LogP contribution in [0.2, 0.25) is 10.0 Å². The average molecular weight is 412 g/mol. The van der Waals surface area contributed by atoms with Crippen molar-refractivity contribution < 1.29 is 23.5 Å². The van der Waals surface area contributed by atoms with Gasteiger partial charge in [-0.15, -0.1) is 0 Å². The largest absolute Gasteiger partial charge is 0.495 e. The number of rotatable bonds is 6. The van der Waals surface area contributed by atoms with Gasteiger partial charge in [0.05, 0.1) is 17.8 Å². The minimum absolute atomic E-state index is 0.0614. The molecular formula is C19H16Cl2FNO4. The zero-order valence-electron chi connectivity index (χ0n) is 14.5. The summed E-state index contributed by atoms with van der Waals surface area (Å²) < 4.78 is 23.3. The van der Waals surface area contributed by atoms with Gasteiger partial charge in [-0.2, -0.15) is 0 Å². The number of ether oxygens (including phenoxy) is 2. The fraction of sp³-hybridized carbons (Fsp3) is 0.158. The third-order valence-electron chi connectivity index (χ3n) is 3.44. The molecule has 2 aromatic rings. The van der Waals surface area contributed by atoms with Crippen LogP contribution in [0.25, 0.3) is 6.08 Å². The van der Waals surface area contributed by atoms with Crippen molar-refractivity contribution in [1.82, 2.24) is 0 Å². The van der Waals surface area contributed by atoms with Crippen molar-refractivity contribution in [2.24, 2.45) is 0 Å². The van der Waals surface area contributed by atoms with Crippen LogP contribution in [0.5, 0.6) is 5.75 Å². The number of anilines is 1. The Labute approximate surface area is 165 Å². The molecule has 0 radical (unpaired) electrons. The molecule has 0 aliphatic heterocycles. The highest BCUT2D eigenvalue weighted by atomic mass is 35.5. The first-order valence-corrected chi connectivity index (χ1v) is 8.54. The molecule has 0 unspecified atom stereocenters. The zero-order chi connectivity index (χ0) is 20.0. The number of benzene rings is 2. The molecule has 1 N–H and O–H groups in total. The highest BCUT2D eigenvalue weighted by Gasteiger charge is 2.18. The molecule has 1 amide bonds. The van der Waals surface area contributed by atoms with Crippen LogP contribution in [0.15, 0.2) is 42.5 Å². The van der Waals surface area contributed by atoms with Gasteiger partial charge in [0, 0.05) is 11.1 Å². The fourth-order valence-corrected chi connectivity index (χ4v) is 2.42. The highest BCUT2D eigenvalue weighted by Crippen LogP contribution is 2.27. The number of hydrogen-bond acceptors (Lipinski definition) is 4. The SMILES string of the molecule is COc1ccc(Cl)cc1NC(=O)[C@@H](C)OC(=O)/C=C/c1ccc(F)c(Cl)c1. The topological polar surface area (TPSA) is 64.6 Å². The lowest BCUT2D eigenvalue weighted by atomic mass is 10.2. The molecule has 142 valence electrons. The maximum absolute atomic E-state index is 13.1. The Hall–Kier alpha value is -2.57. The minimum atomic E-state index is -1.07. The van der Waals surface area contributed by atoms with E-state index in [0.717, 1.165) is 6.08 Å². The first-order valence-electron chi connectivity index (χ1n) is 7.78. The molecule has 0 aromatic heterocycles. The minimum Gasteiger partial charge on any atom is -0.495 e. The molecule has 0 heterocycles. The predicted octanol–water partition coefficient (Wildman–Crippen LogP) is 4.72. The van der Waals surface area contributed by atoms with E-state index < -0.39 is 23.8 Å². The lowest BCUT2D eigenvalue weighted by Gasteiger charge is -2.14. The van der Waals surface area contributed by atoms with Crippen LogP contribution in [0.4, 0.5) is 10.1 Å². The van der Waals surface area contributed by atoms with Gasteiger partial charge in [0.25, 0.3) is 5.91 Å². The number of hydrogen-bond donors (Lipinski definition) is 1. The second-order valence-electron chi connectivity index (χ2n) is 5.42. The lowest BCUT2D eigenvalue weighted by molar-refractivity contribution is -0.148. The molecule has 2 rings (SSSR count). The van der Waals surface area contributed by atoms with Crippen LogP contribution in [0.1, 0.15) is 12.5 Å². The van der Waals surface area contributed by atoms with Gasteiger partial charge in [0.1, 0.15) is 11.6 Å². The van der Waals surface area contributed by atoms with E-state index in [1.54, 1.807) is 12.1 Å². The first kappa shape index (κ1) is 20.7. The number of nitrogens with one attached hydrogen (secondary N) is 1. The molecule has 0 bridgehead atoms. The Morgan fingerprint density at radius 2 is 1.93 bits per heavy atom. The van der Waals surface area contributed by atoms with E-state index in [-0.39, 0.29) is 5.02 Å². The molecule has 0 spiro atoms. The Morgan fingerprint density at radius 3 is 2.59 bits per heavy atom. The molecule has 0 saturated carbocycles. The summed E-state index contributed by atoms with van der Waals surface area (Å²) in [6.07, 6.45) is 1.45. The smallest absolute Gasteiger partial charge is 0.331 e. The second-order valence-corrected chi connectivity index (χ2v) is 6.26. The van der Waals surface area contributed by atoms with E-state index in [0.29, 0.717) is 22.0 Å². The van der Waals surface area contributed by atoms with Gasteiger partial charge in [-0.05, 0) is 48.9 Å². The lowest BCUT2D eigenvalue weighted by Crippen LogP contribution is -2.29. The first-order chi connectivity index (χ1) is 12.8. The summed E-state index contributed by atoms with van der Waals surface area (Å²) in [4.78, 5) is 24.1. The standard InChI is InChI=1S/C19H16Cl2FNO4/c1-11(19(25)23-16-10-13(20)5-7-17(16)26-2)27-18(24)8-4-12-3-6-15(22)14(21)9-12/h3-11H,1-2H3,(H,23,25)/b8-4+/t11-/m1/s1. The third kappa shape index (κ3) is 5.98. The van der Waals surface area contributed by atoms with Crippen LogP contribution >= 0.6 is 23.2 Å². The van der Waals surface area contributed by atoms with E-state index in [9.17, 15) is 14.0 Å². The maximum Gasteiger partial charge on any atom is 0.331 e. The van der Waals surface area contributed by atoms with Crippen LogP contribution in [0.3, 0.4) is 0 Å². The molecule has 2 aromatic carbocycles. The molecule has 5 nitrogen and oxygen atoms in total. The Kier molecular flexibility index (Phi) is 7.21. The summed E-state index contributed by atoms with van der Waals surface area (Å²) >= 11 is 11.6. The Bertz CT molecular complexity index is 886. The summed E-state index contributed by atoms with van der Waals surface area (Å²) in [6, 6.07) is 8.73. The van der Waals surface area contributed by atoms with Crippen LogP contribution in [0, 0.1) is 5.82 Å². The van der Waals surface area contributed by atoms with Crippen LogP contribution < -0.4 is 10.1 Å². The molecule has 27 heavy (non-hydrogen) atoms. The summed E-state index contributed by atoms with van der Waals surface area (Å²) in [7, 11) is 1.45. The maximum atomic E-state index is 13.1. The predicted molar refractivity (Wildman–Crippen MR) is 103 cm³/mol. The number of amides is 1. The van der Waals surface area contributed by atoms with E-state index >= 15 is 0 Å². The van der Waals surface area contributed by atoms with E-state index in [1.165, 1.54) is 44.4 Å². The Balaban J connectivity index is 1.97. The zero-order valence-corrected chi connectivity index (χ0v) is 16.0. The van der Waals surface area contributed by atoms with Crippen LogP contribution in [-0.4, -0.2) is 25.1 Å². The van der Waals surface area contributed by atoms with Crippen LogP contribution in [-0.2, 0) is 14.3 Å². The summed E-state index contributed by atoms with van der Waals surface area (Å²) in [6.45, 7) is 1.42. The molecular weight excluding hydrogens is 396 g/mol. The average Bonchev–Trinajstić information content (AvgIpc) is 2.63. The molecule has 0 aliphatic carbocycles. The van der Waals surface area contributed by atoms with Crippen molar-refractivity contribution in [1.29, 1.82) is 0 Å². The molecule has 8 heteroatoms. The van der Waals surface area contributed by atoms with E-state index in [1.807, 2.05) is 0 Å². The van der Waals surface area contributed by atoms with Gasteiger partial charge in [0.2, 0.25) is 0 Å². The van der Waals surface area contributed by atoms with Crippen molar-refractivity contribution in [3.05, 3.63) is 63.9 Å². The van der Waals surface area contributed by atoms with Gasteiger partial charge in [0.15, 0.2) is 6.10 Å².